The molecule has 1 N–H and O–H groups in total. The molecule has 0 aromatic heterocycles. The summed E-state index contributed by atoms with van der Waals surface area (Å²) in [7, 11) is 0. The van der Waals surface area contributed by atoms with E-state index in [2.05, 4.69) is 25.7 Å². The number of aliphatic hydroxyl groups excluding tert-OH is 1. The summed E-state index contributed by atoms with van der Waals surface area (Å²) in [5.41, 5.74) is 0. The van der Waals surface area contributed by atoms with Gasteiger partial charge in [-0.1, -0.05) is 20.3 Å². The van der Waals surface area contributed by atoms with Gasteiger partial charge in [0, 0.05) is 19.6 Å². The molecule has 0 spiro atoms. The molecular formula is C11H23NO2. The van der Waals surface area contributed by atoms with Gasteiger partial charge in [-0.3, -0.25) is 4.90 Å². The second kappa shape index (κ2) is 5.69. The number of nitrogens with zero attached hydrogens (tertiary/aromatic N) is 1. The summed E-state index contributed by atoms with van der Waals surface area (Å²) in [6.45, 7) is 9.81. The van der Waals surface area contributed by atoms with Crippen molar-refractivity contribution >= 4 is 0 Å². The van der Waals surface area contributed by atoms with Crippen LogP contribution in [0.3, 0.4) is 0 Å². The van der Waals surface area contributed by atoms with Gasteiger partial charge in [0.1, 0.15) is 0 Å². The molecule has 3 nitrogen and oxygen atoms in total. The SMILES string of the molecule is CCC(C)C(O)CN1CCOC(C)C1. The van der Waals surface area contributed by atoms with Crippen molar-refractivity contribution in [3.05, 3.63) is 0 Å². The molecule has 3 atom stereocenters. The van der Waals surface area contributed by atoms with Crippen LogP contribution >= 0.6 is 0 Å². The highest BCUT2D eigenvalue weighted by Crippen LogP contribution is 2.11. The molecule has 1 rings (SSSR count). The van der Waals surface area contributed by atoms with Crippen molar-refractivity contribution < 1.29 is 9.84 Å². The quantitative estimate of drug-likeness (QED) is 0.739. The third-order valence-corrected chi connectivity index (χ3v) is 3.07. The van der Waals surface area contributed by atoms with E-state index in [-0.39, 0.29) is 6.10 Å². The highest BCUT2D eigenvalue weighted by molar-refractivity contribution is 4.73. The Morgan fingerprint density at radius 3 is 2.86 bits per heavy atom. The lowest BCUT2D eigenvalue weighted by atomic mass is 10.0. The Kier molecular flexibility index (Phi) is 4.85. The Bertz CT molecular complexity index is 163. The van der Waals surface area contributed by atoms with Gasteiger partial charge in [0.25, 0.3) is 0 Å². The number of hydrogen-bond donors (Lipinski definition) is 1. The summed E-state index contributed by atoms with van der Waals surface area (Å²) >= 11 is 0. The van der Waals surface area contributed by atoms with Crippen molar-refractivity contribution in [2.75, 3.05) is 26.2 Å². The van der Waals surface area contributed by atoms with E-state index < -0.39 is 0 Å². The summed E-state index contributed by atoms with van der Waals surface area (Å²) in [5, 5.41) is 9.87. The number of morpholine rings is 1. The fourth-order valence-electron chi connectivity index (χ4n) is 1.77. The van der Waals surface area contributed by atoms with Crippen LogP contribution in [0.2, 0.25) is 0 Å². The van der Waals surface area contributed by atoms with Gasteiger partial charge in [-0.2, -0.15) is 0 Å². The number of rotatable bonds is 4. The number of hydrogen-bond acceptors (Lipinski definition) is 3. The van der Waals surface area contributed by atoms with Gasteiger partial charge in [-0.05, 0) is 12.8 Å². The molecule has 0 aliphatic carbocycles. The molecule has 84 valence electrons. The predicted octanol–water partition coefficient (Wildman–Crippen LogP) is 1.11. The molecule has 3 unspecified atom stereocenters. The molecule has 1 heterocycles. The van der Waals surface area contributed by atoms with Gasteiger partial charge < -0.3 is 9.84 Å². The summed E-state index contributed by atoms with van der Waals surface area (Å²) in [6.07, 6.45) is 1.17. The van der Waals surface area contributed by atoms with Gasteiger partial charge in [0.15, 0.2) is 0 Å². The highest BCUT2D eigenvalue weighted by atomic mass is 16.5. The smallest absolute Gasteiger partial charge is 0.0692 e. The molecule has 0 bridgehead atoms. The lowest BCUT2D eigenvalue weighted by Crippen LogP contribution is -2.45. The first-order valence-electron chi connectivity index (χ1n) is 5.65. The van der Waals surface area contributed by atoms with Crippen LogP contribution in [0.25, 0.3) is 0 Å². The first-order valence-corrected chi connectivity index (χ1v) is 5.65. The largest absolute Gasteiger partial charge is 0.392 e. The standard InChI is InChI=1S/C11H23NO2/c1-4-9(2)11(13)8-12-5-6-14-10(3)7-12/h9-11,13H,4-8H2,1-3H3. The van der Waals surface area contributed by atoms with E-state index in [1.165, 1.54) is 0 Å². The summed E-state index contributed by atoms with van der Waals surface area (Å²) < 4.78 is 5.45. The van der Waals surface area contributed by atoms with Gasteiger partial charge in [-0.25, -0.2) is 0 Å². The molecule has 1 fully saturated rings. The van der Waals surface area contributed by atoms with Gasteiger partial charge in [-0.15, -0.1) is 0 Å². The van der Waals surface area contributed by atoms with E-state index in [0.29, 0.717) is 12.0 Å². The van der Waals surface area contributed by atoms with Crippen LogP contribution in [0.4, 0.5) is 0 Å². The first-order chi connectivity index (χ1) is 6.63. The Labute approximate surface area is 87.1 Å². The minimum absolute atomic E-state index is 0.190. The van der Waals surface area contributed by atoms with Crippen LogP contribution < -0.4 is 0 Å². The number of β-amino-alcohol motifs (C(OH)–C–C–N with tert-alkyl or cyclic N) is 1. The lowest BCUT2D eigenvalue weighted by molar-refractivity contribution is -0.0377. The maximum atomic E-state index is 9.87. The van der Waals surface area contributed by atoms with E-state index >= 15 is 0 Å². The minimum Gasteiger partial charge on any atom is -0.392 e. The van der Waals surface area contributed by atoms with Crippen LogP contribution in [0.1, 0.15) is 27.2 Å². The van der Waals surface area contributed by atoms with Gasteiger partial charge in [0.2, 0.25) is 0 Å². The molecule has 0 aromatic rings. The van der Waals surface area contributed by atoms with Gasteiger partial charge >= 0.3 is 0 Å². The van der Waals surface area contributed by atoms with Crippen LogP contribution in [-0.4, -0.2) is 48.5 Å². The summed E-state index contributed by atoms with van der Waals surface area (Å²) in [4.78, 5) is 2.30. The molecule has 0 aromatic carbocycles. The maximum Gasteiger partial charge on any atom is 0.0692 e. The van der Waals surface area contributed by atoms with Crippen molar-refractivity contribution in [1.82, 2.24) is 4.90 Å². The van der Waals surface area contributed by atoms with Crippen molar-refractivity contribution in [3.8, 4) is 0 Å². The van der Waals surface area contributed by atoms with Gasteiger partial charge in [0.05, 0.1) is 18.8 Å². The number of ether oxygens (including phenoxy) is 1. The average molecular weight is 201 g/mol. The first kappa shape index (κ1) is 12.0. The van der Waals surface area contributed by atoms with E-state index in [9.17, 15) is 5.11 Å². The van der Waals surface area contributed by atoms with Crippen molar-refractivity contribution in [2.45, 2.75) is 39.4 Å². The van der Waals surface area contributed by atoms with E-state index in [1.54, 1.807) is 0 Å². The molecule has 0 amide bonds. The topological polar surface area (TPSA) is 32.7 Å². The van der Waals surface area contributed by atoms with E-state index in [1.807, 2.05) is 0 Å². The molecule has 1 aliphatic rings. The average Bonchev–Trinajstić information content (AvgIpc) is 2.16. The van der Waals surface area contributed by atoms with Crippen molar-refractivity contribution in [3.63, 3.8) is 0 Å². The molecule has 1 saturated heterocycles. The Hall–Kier alpha value is -0.120. The third kappa shape index (κ3) is 3.56. The number of aliphatic hydroxyl groups is 1. The van der Waals surface area contributed by atoms with Crippen molar-refractivity contribution in [2.24, 2.45) is 5.92 Å². The summed E-state index contributed by atoms with van der Waals surface area (Å²) in [6, 6.07) is 0. The normalized spacial score (nSPS) is 28.7. The van der Waals surface area contributed by atoms with Crippen LogP contribution in [0.5, 0.6) is 0 Å². The van der Waals surface area contributed by atoms with Crippen LogP contribution in [0.15, 0.2) is 0 Å². The van der Waals surface area contributed by atoms with E-state index in [0.717, 1.165) is 32.7 Å². The molecule has 0 saturated carbocycles. The minimum atomic E-state index is -0.190. The zero-order valence-corrected chi connectivity index (χ0v) is 9.57. The molecule has 1 aliphatic heterocycles. The Morgan fingerprint density at radius 1 is 1.57 bits per heavy atom. The second-order valence-corrected chi connectivity index (χ2v) is 4.39. The summed E-state index contributed by atoms with van der Waals surface area (Å²) in [5.74, 6) is 0.396. The zero-order chi connectivity index (χ0) is 10.6. The highest BCUT2D eigenvalue weighted by Gasteiger charge is 2.21. The molecule has 3 heteroatoms. The van der Waals surface area contributed by atoms with E-state index in [4.69, 9.17) is 4.74 Å². The monoisotopic (exact) mass is 201 g/mol. The predicted molar refractivity (Wildman–Crippen MR) is 57.3 cm³/mol. The second-order valence-electron chi connectivity index (χ2n) is 4.39. The Balaban J connectivity index is 2.28. The van der Waals surface area contributed by atoms with Crippen molar-refractivity contribution in [1.29, 1.82) is 0 Å². The fraction of sp³-hybridized carbons (Fsp3) is 1.00. The fourth-order valence-corrected chi connectivity index (χ4v) is 1.77. The van der Waals surface area contributed by atoms with Crippen LogP contribution in [-0.2, 0) is 4.74 Å². The molecular weight excluding hydrogens is 178 g/mol. The lowest BCUT2D eigenvalue weighted by Gasteiger charge is -2.33. The van der Waals surface area contributed by atoms with Crippen LogP contribution in [0, 0.1) is 5.92 Å². The molecule has 0 radical (unpaired) electrons. The zero-order valence-electron chi connectivity index (χ0n) is 9.57. The maximum absolute atomic E-state index is 9.87. The third-order valence-electron chi connectivity index (χ3n) is 3.07. The molecule has 14 heavy (non-hydrogen) atoms. The Morgan fingerprint density at radius 2 is 2.29 bits per heavy atom.